The normalized spacial score (nSPS) is 15.8. The van der Waals surface area contributed by atoms with E-state index in [1.54, 1.807) is 0 Å². The molecule has 0 bridgehead atoms. The van der Waals surface area contributed by atoms with E-state index in [0.717, 1.165) is 44.8 Å². The Hall–Kier alpha value is -2.40. The summed E-state index contributed by atoms with van der Waals surface area (Å²) in [5.74, 6) is 1.22. The Labute approximate surface area is 174 Å². The molecule has 1 aromatic carbocycles. The van der Waals surface area contributed by atoms with Gasteiger partial charge in [0.2, 0.25) is 0 Å². The number of nitrogens with one attached hydrogen (secondary N) is 1. The fraction of sp³-hybridized carbons (Fsp3) is 0.500. The van der Waals surface area contributed by atoms with Crippen LogP contribution in [0.1, 0.15) is 44.7 Å². The summed E-state index contributed by atoms with van der Waals surface area (Å²) in [7, 11) is 0. The molecule has 1 fully saturated rings. The van der Waals surface area contributed by atoms with Gasteiger partial charge in [-0.25, -0.2) is 0 Å². The maximum Gasteiger partial charge on any atom is 0.257 e. The van der Waals surface area contributed by atoms with Crippen LogP contribution in [-0.2, 0) is 16.8 Å². The molecule has 5 heteroatoms. The van der Waals surface area contributed by atoms with E-state index >= 15 is 0 Å². The number of piperidine rings is 1. The van der Waals surface area contributed by atoms with Crippen LogP contribution < -0.4 is 10.1 Å². The number of hydrogen-bond acceptors (Lipinski definition) is 4. The van der Waals surface area contributed by atoms with Gasteiger partial charge >= 0.3 is 0 Å². The van der Waals surface area contributed by atoms with Crippen molar-refractivity contribution in [1.82, 2.24) is 15.2 Å². The van der Waals surface area contributed by atoms with Crippen molar-refractivity contribution in [3.63, 3.8) is 0 Å². The first kappa shape index (κ1) is 21.3. The summed E-state index contributed by atoms with van der Waals surface area (Å²) in [5.41, 5.74) is 2.62. The predicted molar refractivity (Wildman–Crippen MR) is 116 cm³/mol. The Morgan fingerprint density at radius 2 is 1.90 bits per heavy atom. The summed E-state index contributed by atoms with van der Waals surface area (Å²) < 4.78 is 5.63. The Morgan fingerprint density at radius 1 is 1.17 bits per heavy atom. The molecule has 1 aliphatic rings. The molecule has 2 aromatic rings. The maximum absolute atomic E-state index is 12.1. The molecule has 0 aliphatic carbocycles. The average molecular weight is 396 g/mol. The monoisotopic (exact) mass is 395 g/mol. The summed E-state index contributed by atoms with van der Waals surface area (Å²) in [6.45, 7) is 10.4. The number of pyridine rings is 1. The van der Waals surface area contributed by atoms with Crippen LogP contribution >= 0.6 is 0 Å². The number of carbonyl (C=O) groups is 1. The minimum absolute atomic E-state index is 0.0531. The predicted octanol–water partition coefficient (Wildman–Crippen LogP) is 3.79. The second-order valence-electron chi connectivity index (χ2n) is 8.95. The minimum Gasteiger partial charge on any atom is -0.484 e. The molecule has 1 amide bonds. The van der Waals surface area contributed by atoms with E-state index in [1.807, 2.05) is 30.6 Å². The largest absolute Gasteiger partial charge is 0.484 e. The van der Waals surface area contributed by atoms with Crippen molar-refractivity contribution in [1.29, 1.82) is 0 Å². The van der Waals surface area contributed by atoms with Gasteiger partial charge in [0.15, 0.2) is 6.61 Å². The molecule has 0 spiro atoms. The summed E-state index contributed by atoms with van der Waals surface area (Å²) in [5, 5.41) is 3.03. The van der Waals surface area contributed by atoms with Crippen molar-refractivity contribution >= 4 is 5.91 Å². The lowest BCUT2D eigenvalue weighted by molar-refractivity contribution is -0.123. The van der Waals surface area contributed by atoms with Crippen LogP contribution in [0.2, 0.25) is 0 Å². The molecule has 29 heavy (non-hydrogen) atoms. The van der Waals surface area contributed by atoms with Crippen molar-refractivity contribution in [2.75, 3.05) is 26.2 Å². The zero-order valence-corrected chi connectivity index (χ0v) is 17.9. The molecule has 1 N–H and O–H groups in total. The minimum atomic E-state index is -0.0531. The van der Waals surface area contributed by atoms with Crippen molar-refractivity contribution < 1.29 is 9.53 Å². The first-order valence-electron chi connectivity index (χ1n) is 10.5. The van der Waals surface area contributed by atoms with Gasteiger partial charge < -0.3 is 10.1 Å². The molecule has 0 unspecified atom stereocenters. The maximum atomic E-state index is 12.1. The Morgan fingerprint density at radius 3 is 2.52 bits per heavy atom. The number of rotatable bonds is 7. The summed E-state index contributed by atoms with van der Waals surface area (Å²) in [6, 6.07) is 12.1. The molecule has 2 heterocycles. The second kappa shape index (κ2) is 9.88. The molecule has 3 rings (SSSR count). The third-order valence-corrected chi connectivity index (χ3v) is 5.51. The van der Waals surface area contributed by atoms with Crippen LogP contribution in [0.15, 0.2) is 48.8 Å². The topological polar surface area (TPSA) is 54.5 Å². The molecule has 0 saturated carbocycles. The van der Waals surface area contributed by atoms with Crippen molar-refractivity contribution in [2.24, 2.45) is 5.92 Å². The van der Waals surface area contributed by atoms with E-state index in [4.69, 9.17) is 4.74 Å². The van der Waals surface area contributed by atoms with Crippen LogP contribution in [0, 0.1) is 5.92 Å². The number of likely N-dealkylation sites (tertiary alicyclic amines) is 1. The van der Waals surface area contributed by atoms with E-state index < -0.39 is 0 Å². The molecular weight excluding hydrogens is 362 g/mol. The van der Waals surface area contributed by atoms with Gasteiger partial charge in [-0.15, -0.1) is 0 Å². The van der Waals surface area contributed by atoms with Crippen LogP contribution in [0.3, 0.4) is 0 Å². The van der Waals surface area contributed by atoms with Gasteiger partial charge in [-0.05, 0) is 66.6 Å². The van der Waals surface area contributed by atoms with Gasteiger partial charge in [0.25, 0.3) is 5.91 Å². The highest BCUT2D eigenvalue weighted by molar-refractivity contribution is 5.77. The van der Waals surface area contributed by atoms with Crippen LogP contribution in [-0.4, -0.2) is 42.0 Å². The molecule has 0 atom stereocenters. The van der Waals surface area contributed by atoms with Crippen LogP contribution in [0.25, 0.3) is 0 Å². The molecule has 5 nitrogen and oxygen atoms in total. The molecule has 1 aromatic heterocycles. The molecular formula is C24H33N3O2. The third-order valence-electron chi connectivity index (χ3n) is 5.51. The van der Waals surface area contributed by atoms with E-state index in [1.165, 1.54) is 11.1 Å². The zero-order valence-electron chi connectivity index (χ0n) is 17.9. The summed E-state index contributed by atoms with van der Waals surface area (Å²) >= 11 is 0. The van der Waals surface area contributed by atoms with E-state index in [0.29, 0.717) is 5.92 Å². The number of amides is 1. The lowest BCUT2D eigenvalue weighted by Gasteiger charge is -2.32. The fourth-order valence-electron chi connectivity index (χ4n) is 3.61. The first-order chi connectivity index (χ1) is 13.9. The van der Waals surface area contributed by atoms with Gasteiger partial charge in [0.05, 0.1) is 0 Å². The zero-order chi connectivity index (χ0) is 20.7. The number of ether oxygens (including phenoxy) is 1. The Balaban J connectivity index is 1.33. The number of benzene rings is 1. The lowest BCUT2D eigenvalue weighted by Crippen LogP contribution is -2.39. The molecule has 156 valence electrons. The van der Waals surface area contributed by atoms with Gasteiger partial charge in [0, 0.05) is 25.5 Å². The van der Waals surface area contributed by atoms with E-state index in [2.05, 4.69) is 54.2 Å². The van der Waals surface area contributed by atoms with Gasteiger partial charge in [0.1, 0.15) is 5.75 Å². The van der Waals surface area contributed by atoms with Gasteiger partial charge in [-0.2, -0.15) is 0 Å². The average Bonchev–Trinajstić information content (AvgIpc) is 2.72. The van der Waals surface area contributed by atoms with Crippen LogP contribution in [0.4, 0.5) is 0 Å². The quantitative estimate of drug-likeness (QED) is 0.775. The van der Waals surface area contributed by atoms with Gasteiger partial charge in [-0.1, -0.05) is 39.0 Å². The number of carbonyl (C=O) groups excluding carboxylic acids is 1. The van der Waals surface area contributed by atoms with Crippen LogP contribution in [0.5, 0.6) is 5.75 Å². The first-order valence-corrected chi connectivity index (χ1v) is 10.5. The summed E-state index contributed by atoms with van der Waals surface area (Å²) in [6.07, 6.45) is 5.96. The van der Waals surface area contributed by atoms with Crippen molar-refractivity contribution in [3.8, 4) is 5.75 Å². The Kier molecular flexibility index (Phi) is 7.26. The highest BCUT2D eigenvalue weighted by atomic mass is 16.5. The SMILES string of the molecule is CC(C)(C)c1ccc(OCC(=O)NCC2CCN(Cc3cccnc3)CC2)cc1. The molecule has 0 radical (unpaired) electrons. The highest BCUT2D eigenvalue weighted by Crippen LogP contribution is 2.24. The highest BCUT2D eigenvalue weighted by Gasteiger charge is 2.20. The number of hydrogen-bond donors (Lipinski definition) is 1. The molecule has 1 aliphatic heterocycles. The Bertz CT molecular complexity index is 761. The number of aromatic nitrogens is 1. The molecule has 1 saturated heterocycles. The smallest absolute Gasteiger partial charge is 0.257 e. The second-order valence-corrected chi connectivity index (χ2v) is 8.95. The van der Waals surface area contributed by atoms with Crippen molar-refractivity contribution in [3.05, 3.63) is 59.9 Å². The summed E-state index contributed by atoms with van der Waals surface area (Å²) in [4.78, 5) is 18.8. The fourth-order valence-corrected chi connectivity index (χ4v) is 3.61. The van der Waals surface area contributed by atoms with Crippen molar-refractivity contribution in [2.45, 2.75) is 45.6 Å². The van der Waals surface area contributed by atoms with E-state index in [9.17, 15) is 4.79 Å². The number of nitrogens with zero attached hydrogens (tertiary/aromatic N) is 2. The van der Waals surface area contributed by atoms with Gasteiger partial charge in [-0.3, -0.25) is 14.7 Å². The standard InChI is InChI=1S/C24H33N3O2/c1-24(2,3)21-6-8-22(9-7-21)29-18-23(28)26-16-19-10-13-27(14-11-19)17-20-5-4-12-25-15-20/h4-9,12,15,19H,10-11,13-14,16-18H2,1-3H3,(H,26,28). The third kappa shape index (κ3) is 6.86. The van der Waals surface area contributed by atoms with E-state index in [-0.39, 0.29) is 17.9 Å². The lowest BCUT2D eigenvalue weighted by atomic mass is 9.87.